The summed E-state index contributed by atoms with van der Waals surface area (Å²) in [5, 5.41) is 6.20. The van der Waals surface area contributed by atoms with E-state index in [4.69, 9.17) is 0 Å². The zero-order chi connectivity index (χ0) is 11.7. The quantitative estimate of drug-likeness (QED) is 0.726. The largest absolute Gasteiger partial charge is 0.355 e. The molecule has 15 heavy (non-hydrogen) atoms. The van der Waals surface area contributed by atoms with E-state index in [1.165, 1.54) is 0 Å². The molecule has 0 bridgehead atoms. The molecule has 1 rings (SSSR count). The molecule has 3 nitrogen and oxygen atoms in total. The summed E-state index contributed by atoms with van der Waals surface area (Å²) in [6, 6.07) is 0.456. The Morgan fingerprint density at radius 1 is 1.20 bits per heavy atom. The van der Waals surface area contributed by atoms with Gasteiger partial charge < -0.3 is 10.6 Å². The van der Waals surface area contributed by atoms with Crippen molar-refractivity contribution in [2.24, 2.45) is 10.8 Å². The second kappa shape index (κ2) is 4.12. The summed E-state index contributed by atoms with van der Waals surface area (Å²) in [5.74, 6) is 0.107. The molecule has 0 radical (unpaired) electrons. The molecule has 1 aliphatic rings. The Balaban J connectivity index is 2.25. The van der Waals surface area contributed by atoms with Crippen molar-refractivity contribution in [1.82, 2.24) is 10.6 Å². The van der Waals surface area contributed by atoms with Gasteiger partial charge in [-0.05, 0) is 17.3 Å². The highest BCUT2D eigenvalue weighted by molar-refractivity contribution is 5.78. The number of carbonyl (C=O) groups is 1. The lowest BCUT2D eigenvalue weighted by atomic mass is 10.0. The lowest BCUT2D eigenvalue weighted by Crippen LogP contribution is -2.36. The number of amides is 1. The Hall–Kier alpha value is -0.570. The van der Waals surface area contributed by atoms with Crippen LogP contribution in [0, 0.1) is 10.8 Å². The molecule has 1 fully saturated rings. The molecule has 0 aromatic rings. The van der Waals surface area contributed by atoms with Gasteiger partial charge in [0, 0.05) is 12.6 Å². The van der Waals surface area contributed by atoms with Gasteiger partial charge in [-0.3, -0.25) is 4.79 Å². The van der Waals surface area contributed by atoms with Gasteiger partial charge in [0.25, 0.3) is 0 Å². The van der Waals surface area contributed by atoms with Crippen LogP contribution in [0.4, 0.5) is 0 Å². The molecule has 2 N–H and O–H groups in total. The SMILES string of the molecule is CCCNC(=O)CNC1C(C)(C)C1(C)C. The first kappa shape index (κ1) is 12.5. The Bertz CT molecular complexity index is 232. The summed E-state index contributed by atoms with van der Waals surface area (Å²) >= 11 is 0. The second-order valence-electron chi connectivity index (χ2n) is 5.61. The van der Waals surface area contributed by atoms with Crippen molar-refractivity contribution in [3.05, 3.63) is 0 Å². The monoisotopic (exact) mass is 212 g/mol. The van der Waals surface area contributed by atoms with Crippen LogP contribution >= 0.6 is 0 Å². The van der Waals surface area contributed by atoms with Crippen molar-refractivity contribution in [2.75, 3.05) is 13.1 Å². The maximum Gasteiger partial charge on any atom is 0.233 e. The number of rotatable bonds is 5. The van der Waals surface area contributed by atoms with E-state index in [1.807, 2.05) is 0 Å². The fourth-order valence-corrected chi connectivity index (χ4v) is 2.23. The van der Waals surface area contributed by atoms with Crippen LogP contribution in [0.2, 0.25) is 0 Å². The van der Waals surface area contributed by atoms with Crippen molar-refractivity contribution < 1.29 is 4.79 Å². The highest BCUT2D eigenvalue weighted by Crippen LogP contribution is 2.62. The van der Waals surface area contributed by atoms with Gasteiger partial charge in [-0.2, -0.15) is 0 Å². The lowest BCUT2D eigenvalue weighted by Gasteiger charge is -2.06. The van der Waals surface area contributed by atoms with E-state index in [2.05, 4.69) is 45.3 Å². The maximum absolute atomic E-state index is 11.4. The van der Waals surface area contributed by atoms with E-state index in [0.717, 1.165) is 13.0 Å². The van der Waals surface area contributed by atoms with Crippen LogP contribution in [-0.4, -0.2) is 25.0 Å². The molecule has 0 unspecified atom stereocenters. The lowest BCUT2D eigenvalue weighted by molar-refractivity contribution is -0.120. The van der Waals surface area contributed by atoms with E-state index in [9.17, 15) is 4.79 Å². The highest BCUT2D eigenvalue weighted by Gasteiger charge is 2.64. The molecule has 88 valence electrons. The fraction of sp³-hybridized carbons (Fsp3) is 0.917. The molecular formula is C12H24N2O. The Labute approximate surface area is 93.0 Å². The molecular weight excluding hydrogens is 188 g/mol. The second-order valence-corrected chi connectivity index (χ2v) is 5.61. The molecule has 0 heterocycles. The fourth-order valence-electron chi connectivity index (χ4n) is 2.23. The molecule has 3 heteroatoms. The van der Waals surface area contributed by atoms with Gasteiger partial charge >= 0.3 is 0 Å². The number of carbonyl (C=O) groups excluding carboxylic acids is 1. The normalized spacial score (nSPS) is 22.5. The van der Waals surface area contributed by atoms with Gasteiger partial charge in [0.15, 0.2) is 0 Å². The minimum Gasteiger partial charge on any atom is -0.355 e. The molecule has 0 saturated heterocycles. The van der Waals surface area contributed by atoms with Crippen LogP contribution in [-0.2, 0) is 4.79 Å². The van der Waals surface area contributed by atoms with Gasteiger partial charge in [0.2, 0.25) is 5.91 Å². The number of hydrogen-bond donors (Lipinski definition) is 2. The molecule has 0 atom stereocenters. The number of nitrogens with one attached hydrogen (secondary N) is 2. The third kappa shape index (κ3) is 2.33. The average Bonchev–Trinajstić information content (AvgIpc) is 2.51. The Kier molecular flexibility index (Phi) is 3.44. The van der Waals surface area contributed by atoms with Crippen LogP contribution in [0.3, 0.4) is 0 Å². The molecule has 1 aliphatic carbocycles. The molecule has 1 saturated carbocycles. The summed E-state index contributed by atoms with van der Waals surface area (Å²) in [6.45, 7) is 12.3. The van der Waals surface area contributed by atoms with E-state index >= 15 is 0 Å². The third-order valence-electron chi connectivity index (χ3n) is 4.06. The molecule has 0 aromatic heterocycles. The summed E-state index contributed by atoms with van der Waals surface area (Å²) in [6.07, 6.45) is 0.992. The van der Waals surface area contributed by atoms with Crippen LogP contribution in [0.1, 0.15) is 41.0 Å². The zero-order valence-corrected chi connectivity index (χ0v) is 10.6. The van der Waals surface area contributed by atoms with Crippen LogP contribution in [0.25, 0.3) is 0 Å². The van der Waals surface area contributed by atoms with Gasteiger partial charge in [0.1, 0.15) is 0 Å². The van der Waals surface area contributed by atoms with Crippen LogP contribution in [0.5, 0.6) is 0 Å². The maximum atomic E-state index is 11.4. The minimum absolute atomic E-state index is 0.107. The molecule has 0 aromatic carbocycles. The first-order valence-corrected chi connectivity index (χ1v) is 5.84. The predicted molar refractivity (Wildman–Crippen MR) is 62.7 cm³/mol. The molecule has 1 amide bonds. The van der Waals surface area contributed by atoms with Gasteiger partial charge in [0.05, 0.1) is 6.54 Å². The summed E-state index contributed by atoms with van der Waals surface area (Å²) in [7, 11) is 0. The van der Waals surface area contributed by atoms with E-state index in [1.54, 1.807) is 0 Å². The average molecular weight is 212 g/mol. The van der Waals surface area contributed by atoms with Crippen molar-refractivity contribution in [3.63, 3.8) is 0 Å². The van der Waals surface area contributed by atoms with Gasteiger partial charge in [-0.25, -0.2) is 0 Å². The van der Waals surface area contributed by atoms with Crippen molar-refractivity contribution in [2.45, 2.75) is 47.1 Å². The standard InChI is InChI=1S/C12H24N2O/c1-6-7-13-9(15)8-14-10-11(2,3)12(10,4)5/h10,14H,6-8H2,1-5H3,(H,13,15). The minimum atomic E-state index is 0.107. The first-order valence-electron chi connectivity index (χ1n) is 5.84. The molecule has 0 spiro atoms. The van der Waals surface area contributed by atoms with E-state index in [-0.39, 0.29) is 5.91 Å². The van der Waals surface area contributed by atoms with Crippen LogP contribution < -0.4 is 10.6 Å². The van der Waals surface area contributed by atoms with E-state index < -0.39 is 0 Å². The zero-order valence-electron chi connectivity index (χ0n) is 10.6. The van der Waals surface area contributed by atoms with Gasteiger partial charge in [-0.15, -0.1) is 0 Å². The highest BCUT2D eigenvalue weighted by atomic mass is 16.1. The van der Waals surface area contributed by atoms with Crippen LogP contribution in [0.15, 0.2) is 0 Å². The summed E-state index contributed by atoms with van der Waals surface area (Å²) < 4.78 is 0. The summed E-state index contributed by atoms with van der Waals surface area (Å²) in [4.78, 5) is 11.4. The van der Waals surface area contributed by atoms with E-state index in [0.29, 0.717) is 23.4 Å². The van der Waals surface area contributed by atoms with Crippen molar-refractivity contribution in [1.29, 1.82) is 0 Å². The smallest absolute Gasteiger partial charge is 0.233 e. The molecule has 0 aliphatic heterocycles. The Morgan fingerprint density at radius 3 is 2.13 bits per heavy atom. The third-order valence-corrected chi connectivity index (χ3v) is 4.06. The predicted octanol–water partition coefficient (Wildman–Crippen LogP) is 1.54. The Morgan fingerprint density at radius 2 is 1.73 bits per heavy atom. The first-order chi connectivity index (χ1) is 6.84. The van der Waals surface area contributed by atoms with Crippen molar-refractivity contribution in [3.8, 4) is 0 Å². The number of hydrogen-bond acceptors (Lipinski definition) is 2. The summed E-state index contributed by atoms with van der Waals surface area (Å²) in [5.41, 5.74) is 0.607. The van der Waals surface area contributed by atoms with Gasteiger partial charge in [-0.1, -0.05) is 34.6 Å². The topological polar surface area (TPSA) is 41.1 Å². The van der Waals surface area contributed by atoms with Crippen molar-refractivity contribution >= 4 is 5.91 Å².